The number of halogens is 1. The zero-order valence-electron chi connectivity index (χ0n) is 12.6. The van der Waals surface area contributed by atoms with E-state index in [9.17, 15) is 0 Å². The van der Waals surface area contributed by atoms with Gasteiger partial charge in [-0.1, -0.05) is 22.9 Å². The van der Waals surface area contributed by atoms with Crippen LogP contribution in [0.3, 0.4) is 0 Å². The van der Waals surface area contributed by atoms with Crippen LogP contribution >= 0.6 is 28.1 Å². The Morgan fingerprint density at radius 2 is 2.09 bits per heavy atom. The van der Waals surface area contributed by atoms with Gasteiger partial charge in [-0.25, -0.2) is 4.68 Å². The van der Waals surface area contributed by atoms with Crippen molar-refractivity contribution in [3.63, 3.8) is 0 Å². The Morgan fingerprint density at radius 1 is 1.32 bits per heavy atom. The molecule has 22 heavy (non-hydrogen) atoms. The summed E-state index contributed by atoms with van der Waals surface area (Å²) in [5.74, 6) is 1.49. The number of ether oxygens (including phenoxy) is 2. The van der Waals surface area contributed by atoms with Crippen LogP contribution in [0.15, 0.2) is 22.9 Å². The van der Waals surface area contributed by atoms with Crippen LogP contribution in [0.4, 0.5) is 0 Å². The van der Waals surface area contributed by atoms with Crippen LogP contribution in [0.25, 0.3) is 0 Å². The van der Waals surface area contributed by atoms with Crippen molar-refractivity contribution in [1.82, 2.24) is 14.9 Å². The van der Waals surface area contributed by atoms with Gasteiger partial charge < -0.3 is 14.9 Å². The van der Waals surface area contributed by atoms with Crippen molar-refractivity contribution >= 4 is 28.1 Å². The summed E-state index contributed by atoms with van der Waals surface area (Å²) in [5.41, 5.74) is 4.21. The van der Waals surface area contributed by atoms with Gasteiger partial charge in [0.15, 0.2) is 11.5 Å². The van der Waals surface area contributed by atoms with Gasteiger partial charge in [-0.2, -0.15) is 5.10 Å². The van der Waals surface area contributed by atoms with Gasteiger partial charge in [0.05, 0.1) is 19.8 Å². The minimum atomic E-state index is 0.518. The molecule has 0 amide bonds. The summed E-state index contributed by atoms with van der Waals surface area (Å²) in [7, 11) is 0. The molecule has 0 radical (unpaired) electrons. The number of hydrogen-bond acceptors (Lipinski definition) is 5. The summed E-state index contributed by atoms with van der Waals surface area (Å²) in [6.07, 6.45) is 2.55. The molecule has 0 bridgehead atoms. The molecule has 0 aliphatic carbocycles. The van der Waals surface area contributed by atoms with Crippen LogP contribution in [0.5, 0.6) is 11.5 Å². The smallest absolute Gasteiger partial charge is 0.214 e. The number of rotatable bonds is 8. The molecule has 0 atom stereocenters. The lowest BCUT2D eigenvalue weighted by atomic mass is 10.2. The lowest BCUT2D eigenvalue weighted by molar-refractivity contribution is 0.276. The normalized spacial score (nSPS) is 10.5. The quantitative estimate of drug-likeness (QED) is 0.678. The molecule has 0 saturated heterocycles. The minimum absolute atomic E-state index is 0.518. The number of hydrogen-bond donors (Lipinski definition) is 2. The number of H-pyrrole nitrogens is 1. The first-order valence-electron chi connectivity index (χ1n) is 7.09. The van der Waals surface area contributed by atoms with Crippen molar-refractivity contribution in [2.24, 2.45) is 0 Å². The molecule has 1 heterocycles. The molecule has 0 fully saturated rings. The lowest BCUT2D eigenvalue weighted by Crippen LogP contribution is -2.14. The fourth-order valence-electron chi connectivity index (χ4n) is 1.84. The van der Waals surface area contributed by atoms with E-state index in [4.69, 9.17) is 21.7 Å². The Kier molecular flexibility index (Phi) is 6.26. The van der Waals surface area contributed by atoms with Crippen molar-refractivity contribution in [3.8, 4) is 11.5 Å². The maximum Gasteiger partial charge on any atom is 0.214 e. The molecular weight excluding hydrogens is 368 g/mol. The van der Waals surface area contributed by atoms with E-state index >= 15 is 0 Å². The van der Waals surface area contributed by atoms with Gasteiger partial charge in [-0.05, 0) is 43.3 Å². The van der Waals surface area contributed by atoms with Crippen LogP contribution < -0.4 is 14.9 Å². The van der Waals surface area contributed by atoms with Crippen molar-refractivity contribution in [2.45, 2.75) is 26.8 Å². The second-order valence-corrected chi connectivity index (χ2v) is 5.78. The van der Waals surface area contributed by atoms with E-state index < -0.39 is 0 Å². The topological polar surface area (TPSA) is 64.1 Å². The highest BCUT2D eigenvalue weighted by molar-refractivity contribution is 9.10. The summed E-state index contributed by atoms with van der Waals surface area (Å²) in [4.78, 5) is 0. The summed E-state index contributed by atoms with van der Waals surface area (Å²) in [6, 6.07) is 3.90. The van der Waals surface area contributed by atoms with Gasteiger partial charge >= 0.3 is 0 Å². The van der Waals surface area contributed by atoms with Gasteiger partial charge in [0.2, 0.25) is 4.77 Å². The first-order chi connectivity index (χ1) is 10.7. The second kappa shape index (κ2) is 8.19. The van der Waals surface area contributed by atoms with Gasteiger partial charge in [-0.3, -0.25) is 5.10 Å². The Morgan fingerprint density at radius 3 is 2.73 bits per heavy atom. The number of aromatic nitrogens is 3. The summed E-state index contributed by atoms with van der Waals surface area (Å²) < 4.78 is 14.5. The zero-order chi connectivity index (χ0) is 15.9. The molecule has 8 heteroatoms. The third-order valence-corrected chi connectivity index (χ3v) is 3.89. The molecule has 0 aliphatic rings. The number of benzene rings is 1. The third kappa shape index (κ3) is 4.23. The van der Waals surface area contributed by atoms with Gasteiger partial charge in [0.1, 0.15) is 6.33 Å². The molecule has 0 spiro atoms. The Hall–Kier alpha value is -1.54. The summed E-state index contributed by atoms with van der Waals surface area (Å²) >= 11 is 8.67. The average Bonchev–Trinajstić information content (AvgIpc) is 2.91. The molecule has 1 aromatic heterocycles. The highest BCUT2D eigenvalue weighted by Gasteiger charge is 2.11. The predicted octanol–water partition coefficient (Wildman–Crippen LogP) is 3.63. The number of aromatic amines is 1. The van der Waals surface area contributed by atoms with E-state index in [0.717, 1.165) is 28.0 Å². The lowest BCUT2D eigenvalue weighted by Gasteiger charge is -2.15. The average molecular weight is 387 g/mol. The summed E-state index contributed by atoms with van der Waals surface area (Å²) in [6.45, 7) is 5.84. The van der Waals surface area contributed by atoms with E-state index in [1.54, 1.807) is 11.0 Å². The van der Waals surface area contributed by atoms with Crippen LogP contribution in [0.1, 0.15) is 25.8 Å². The van der Waals surface area contributed by atoms with Crippen LogP contribution in [-0.4, -0.2) is 28.1 Å². The molecule has 0 unspecified atom stereocenters. The Bertz CT molecular complexity index is 671. The number of nitrogens with zero attached hydrogens (tertiary/aromatic N) is 2. The molecule has 0 saturated carbocycles. The van der Waals surface area contributed by atoms with Gasteiger partial charge in [0.25, 0.3) is 0 Å². The van der Waals surface area contributed by atoms with Crippen molar-refractivity contribution in [1.29, 1.82) is 0 Å². The van der Waals surface area contributed by atoms with Gasteiger partial charge in [-0.15, -0.1) is 0 Å². The zero-order valence-corrected chi connectivity index (χ0v) is 15.0. The first-order valence-corrected chi connectivity index (χ1v) is 8.29. The maximum atomic E-state index is 5.73. The largest absolute Gasteiger partial charge is 0.490 e. The highest BCUT2D eigenvalue weighted by atomic mass is 79.9. The monoisotopic (exact) mass is 386 g/mol. The predicted molar refractivity (Wildman–Crippen MR) is 91.6 cm³/mol. The number of nitrogens with one attached hydrogen (secondary N) is 2. The molecule has 0 aliphatic heterocycles. The van der Waals surface area contributed by atoms with Crippen molar-refractivity contribution < 1.29 is 9.47 Å². The van der Waals surface area contributed by atoms with E-state index in [1.807, 2.05) is 19.1 Å². The van der Waals surface area contributed by atoms with Crippen molar-refractivity contribution in [2.75, 3.05) is 18.6 Å². The van der Waals surface area contributed by atoms with E-state index in [0.29, 0.717) is 24.5 Å². The Balaban J connectivity index is 2.18. The fraction of sp³-hybridized carbons (Fsp3) is 0.429. The van der Waals surface area contributed by atoms with Crippen molar-refractivity contribution in [3.05, 3.63) is 33.3 Å². The molecule has 6 nitrogen and oxygen atoms in total. The van der Waals surface area contributed by atoms with Crippen LogP contribution in [0.2, 0.25) is 0 Å². The van der Waals surface area contributed by atoms with E-state index in [2.05, 4.69) is 38.5 Å². The molecule has 120 valence electrons. The van der Waals surface area contributed by atoms with E-state index in [1.165, 1.54) is 0 Å². The molecule has 2 N–H and O–H groups in total. The SMILES string of the molecule is CCCOc1cc(Br)c(CNn2cn[nH]c2=S)cc1OCC. The van der Waals surface area contributed by atoms with Gasteiger partial charge in [0, 0.05) is 4.47 Å². The van der Waals surface area contributed by atoms with Crippen LogP contribution in [0, 0.1) is 4.77 Å². The molecule has 2 rings (SSSR count). The Labute approximate surface area is 142 Å². The minimum Gasteiger partial charge on any atom is -0.490 e. The molecule has 1 aromatic carbocycles. The third-order valence-electron chi connectivity index (χ3n) is 2.87. The van der Waals surface area contributed by atoms with E-state index in [-0.39, 0.29) is 0 Å². The highest BCUT2D eigenvalue weighted by Crippen LogP contribution is 2.34. The fourth-order valence-corrected chi connectivity index (χ4v) is 2.46. The first kappa shape index (κ1) is 16.8. The summed E-state index contributed by atoms with van der Waals surface area (Å²) in [5, 5.41) is 6.56. The van der Waals surface area contributed by atoms with Crippen LogP contribution in [-0.2, 0) is 6.54 Å². The molecular formula is C14H19BrN4O2S. The maximum absolute atomic E-state index is 5.73. The standard InChI is InChI=1S/C14H19BrN4O2S/c1-3-5-21-13-7-11(15)10(6-12(13)20-4-2)8-17-19-9-16-18-14(19)22/h6-7,9,17H,3-5,8H2,1-2H3,(H,18,22). The second-order valence-electron chi connectivity index (χ2n) is 4.54. The molecule has 2 aromatic rings.